The molecule has 0 saturated heterocycles. The molecule has 16 heavy (non-hydrogen) atoms. The smallest absolute Gasteiger partial charge is 0.206 e. The number of thiophene rings is 1. The lowest BCUT2D eigenvalue weighted by molar-refractivity contribution is 0.431. The van der Waals surface area contributed by atoms with Crippen molar-refractivity contribution in [3.05, 3.63) is 17.5 Å². The second-order valence-electron chi connectivity index (χ2n) is 3.88. The standard InChI is InChI=1S/C11H13NO2S2/c1-2-7-12(9-10-5-6-10)16(13,14)11-4-3-8-15-11/h1,3-4,8,10H,5-7,9H2. The zero-order valence-corrected chi connectivity index (χ0v) is 10.4. The number of sulfonamides is 1. The molecule has 0 radical (unpaired) electrons. The predicted molar refractivity (Wildman–Crippen MR) is 64.6 cm³/mol. The number of hydrogen-bond acceptors (Lipinski definition) is 3. The molecule has 1 heterocycles. The lowest BCUT2D eigenvalue weighted by atomic mass is 10.4. The van der Waals surface area contributed by atoms with Crippen molar-refractivity contribution in [1.29, 1.82) is 0 Å². The van der Waals surface area contributed by atoms with Gasteiger partial charge in [-0.15, -0.1) is 17.8 Å². The lowest BCUT2D eigenvalue weighted by Gasteiger charge is -2.18. The molecule has 2 rings (SSSR count). The molecule has 1 fully saturated rings. The summed E-state index contributed by atoms with van der Waals surface area (Å²) in [5.74, 6) is 2.92. The summed E-state index contributed by atoms with van der Waals surface area (Å²) < 4.78 is 26.2. The molecule has 1 aromatic rings. The first kappa shape index (κ1) is 11.6. The molecule has 0 atom stereocenters. The summed E-state index contributed by atoms with van der Waals surface area (Å²) in [6.07, 6.45) is 7.45. The molecule has 0 aromatic carbocycles. The van der Waals surface area contributed by atoms with Crippen molar-refractivity contribution in [3.63, 3.8) is 0 Å². The maximum atomic E-state index is 12.2. The first-order valence-electron chi connectivity index (χ1n) is 5.11. The van der Waals surface area contributed by atoms with Crippen molar-refractivity contribution < 1.29 is 8.42 Å². The molecule has 0 N–H and O–H groups in total. The molecular weight excluding hydrogens is 242 g/mol. The average Bonchev–Trinajstić information content (AvgIpc) is 2.89. The highest BCUT2D eigenvalue weighted by Crippen LogP contribution is 2.32. The molecule has 1 aliphatic carbocycles. The first-order chi connectivity index (χ1) is 7.64. The quantitative estimate of drug-likeness (QED) is 0.752. The van der Waals surface area contributed by atoms with Crippen LogP contribution in [0.2, 0.25) is 0 Å². The molecule has 0 spiro atoms. The maximum absolute atomic E-state index is 12.2. The van der Waals surface area contributed by atoms with Gasteiger partial charge >= 0.3 is 0 Å². The van der Waals surface area contributed by atoms with Gasteiger partial charge in [0.25, 0.3) is 10.0 Å². The third kappa shape index (κ3) is 2.46. The normalized spacial score (nSPS) is 16.2. The number of nitrogens with zero attached hydrogens (tertiary/aromatic N) is 1. The van der Waals surface area contributed by atoms with Crippen LogP contribution in [0.3, 0.4) is 0 Å². The van der Waals surface area contributed by atoms with Gasteiger partial charge in [-0.1, -0.05) is 12.0 Å². The molecule has 5 heteroatoms. The van der Waals surface area contributed by atoms with Crippen molar-refractivity contribution in [2.75, 3.05) is 13.1 Å². The summed E-state index contributed by atoms with van der Waals surface area (Å²) in [6.45, 7) is 0.723. The van der Waals surface area contributed by atoms with Gasteiger partial charge in [-0.3, -0.25) is 0 Å². The highest BCUT2D eigenvalue weighted by Gasteiger charge is 2.31. The van der Waals surface area contributed by atoms with E-state index in [0.29, 0.717) is 16.7 Å². The van der Waals surface area contributed by atoms with Crippen LogP contribution in [0.5, 0.6) is 0 Å². The SMILES string of the molecule is C#CCN(CC1CC1)S(=O)(=O)c1cccs1. The monoisotopic (exact) mass is 255 g/mol. The zero-order chi connectivity index (χ0) is 11.6. The van der Waals surface area contributed by atoms with E-state index in [9.17, 15) is 8.42 Å². The fourth-order valence-corrected chi connectivity index (χ4v) is 4.05. The van der Waals surface area contributed by atoms with Gasteiger partial charge < -0.3 is 0 Å². The Kier molecular flexibility index (Phi) is 3.33. The Balaban J connectivity index is 2.21. The highest BCUT2D eigenvalue weighted by molar-refractivity contribution is 7.91. The van der Waals surface area contributed by atoms with E-state index in [-0.39, 0.29) is 6.54 Å². The van der Waals surface area contributed by atoms with E-state index in [4.69, 9.17) is 6.42 Å². The van der Waals surface area contributed by atoms with Gasteiger partial charge in [-0.05, 0) is 30.2 Å². The maximum Gasteiger partial charge on any atom is 0.253 e. The van der Waals surface area contributed by atoms with Gasteiger partial charge in [-0.2, -0.15) is 4.31 Å². The zero-order valence-electron chi connectivity index (χ0n) is 8.80. The van der Waals surface area contributed by atoms with Crippen molar-refractivity contribution >= 4 is 21.4 Å². The van der Waals surface area contributed by atoms with Crippen LogP contribution < -0.4 is 0 Å². The molecule has 1 aliphatic rings. The molecule has 0 aliphatic heterocycles. The van der Waals surface area contributed by atoms with Gasteiger partial charge in [0, 0.05) is 6.54 Å². The Labute approximate surface area is 100 Å². The van der Waals surface area contributed by atoms with E-state index in [0.717, 1.165) is 12.8 Å². The van der Waals surface area contributed by atoms with Crippen LogP contribution in [0.4, 0.5) is 0 Å². The summed E-state index contributed by atoms with van der Waals surface area (Å²) >= 11 is 1.23. The molecule has 0 unspecified atom stereocenters. The molecule has 86 valence electrons. The molecular formula is C11H13NO2S2. The fourth-order valence-electron chi connectivity index (χ4n) is 1.48. The summed E-state index contributed by atoms with van der Waals surface area (Å²) in [7, 11) is -3.37. The van der Waals surface area contributed by atoms with E-state index in [1.54, 1.807) is 17.5 Å². The highest BCUT2D eigenvalue weighted by atomic mass is 32.2. The van der Waals surface area contributed by atoms with Gasteiger partial charge in [0.2, 0.25) is 0 Å². The Morgan fingerprint density at radius 1 is 1.56 bits per heavy atom. The molecule has 0 bridgehead atoms. The summed E-state index contributed by atoms with van der Waals surface area (Å²) in [5, 5.41) is 1.76. The Bertz CT molecular complexity index is 481. The molecule has 1 aromatic heterocycles. The Hall–Kier alpha value is -0.830. The minimum Gasteiger partial charge on any atom is -0.206 e. The van der Waals surface area contributed by atoms with Crippen molar-refractivity contribution in [1.82, 2.24) is 4.31 Å². The molecule has 3 nitrogen and oxygen atoms in total. The van der Waals surface area contributed by atoms with Gasteiger partial charge in [0.05, 0.1) is 6.54 Å². The van der Waals surface area contributed by atoms with Crippen LogP contribution in [-0.4, -0.2) is 25.8 Å². The van der Waals surface area contributed by atoms with E-state index >= 15 is 0 Å². The average molecular weight is 255 g/mol. The first-order valence-corrected chi connectivity index (χ1v) is 7.43. The minimum absolute atomic E-state index is 0.163. The number of rotatable bonds is 5. The van der Waals surface area contributed by atoms with Gasteiger partial charge in [0.15, 0.2) is 0 Å². The predicted octanol–water partition coefficient (Wildman–Crippen LogP) is 1.78. The molecule has 0 amide bonds. The fraction of sp³-hybridized carbons (Fsp3) is 0.455. The summed E-state index contributed by atoms with van der Waals surface area (Å²) in [6, 6.07) is 3.36. The summed E-state index contributed by atoms with van der Waals surface area (Å²) in [5.41, 5.74) is 0. The van der Waals surface area contributed by atoms with E-state index in [1.165, 1.54) is 15.6 Å². The topological polar surface area (TPSA) is 37.4 Å². The lowest BCUT2D eigenvalue weighted by Crippen LogP contribution is -2.32. The van der Waals surface area contributed by atoms with E-state index in [1.807, 2.05) is 0 Å². The third-order valence-electron chi connectivity index (χ3n) is 2.52. The third-order valence-corrected chi connectivity index (χ3v) is 5.70. The second kappa shape index (κ2) is 4.58. The molecule has 1 saturated carbocycles. The van der Waals surface area contributed by atoms with Gasteiger partial charge in [0.1, 0.15) is 4.21 Å². The number of hydrogen-bond donors (Lipinski definition) is 0. The van der Waals surface area contributed by atoms with Crippen LogP contribution in [0.25, 0.3) is 0 Å². The van der Waals surface area contributed by atoms with Crippen LogP contribution in [0.15, 0.2) is 21.7 Å². The Morgan fingerprint density at radius 2 is 2.31 bits per heavy atom. The van der Waals surface area contributed by atoms with Crippen LogP contribution in [-0.2, 0) is 10.0 Å². The number of terminal acetylenes is 1. The second-order valence-corrected chi connectivity index (χ2v) is 6.99. The summed E-state index contributed by atoms with van der Waals surface area (Å²) in [4.78, 5) is 0. The Morgan fingerprint density at radius 3 is 2.81 bits per heavy atom. The van der Waals surface area contributed by atoms with E-state index in [2.05, 4.69) is 5.92 Å². The van der Waals surface area contributed by atoms with Crippen molar-refractivity contribution in [2.45, 2.75) is 17.1 Å². The van der Waals surface area contributed by atoms with E-state index < -0.39 is 10.0 Å². The largest absolute Gasteiger partial charge is 0.253 e. The van der Waals surface area contributed by atoms with Crippen molar-refractivity contribution in [3.8, 4) is 12.3 Å². The minimum atomic E-state index is -3.37. The van der Waals surface area contributed by atoms with Crippen LogP contribution in [0, 0.1) is 18.3 Å². The van der Waals surface area contributed by atoms with Gasteiger partial charge in [-0.25, -0.2) is 8.42 Å². The van der Waals surface area contributed by atoms with Crippen LogP contribution >= 0.6 is 11.3 Å². The van der Waals surface area contributed by atoms with Crippen LogP contribution in [0.1, 0.15) is 12.8 Å². The van der Waals surface area contributed by atoms with Crippen molar-refractivity contribution in [2.24, 2.45) is 5.92 Å².